The van der Waals surface area contributed by atoms with Gasteiger partial charge in [0, 0.05) is 5.56 Å². The zero-order valence-corrected chi connectivity index (χ0v) is 12.0. The highest BCUT2D eigenvalue weighted by Crippen LogP contribution is 2.27. The zero-order valence-electron chi connectivity index (χ0n) is 12.0. The van der Waals surface area contributed by atoms with Gasteiger partial charge in [0.2, 0.25) is 0 Å². The third-order valence-electron chi connectivity index (χ3n) is 2.95. The molecule has 0 aliphatic rings. The Morgan fingerprint density at radius 3 is 2.62 bits per heavy atom. The van der Waals surface area contributed by atoms with Gasteiger partial charge in [0.1, 0.15) is 11.3 Å². The van der Waals surface area contributed by atoms with Gasteiger partial charge in [-0.1, -0.05) is 19.1 Å². The molecule has 0 radical (unpaired) electrons. The number of pyridine rings is 1. The van der Waals surface area contributed by atoms with Crippen molar-refractivity contribution in [1.82, 2.24) is 4.98 Å². The summed E-state index contributed by atoms with van der Waals surface area (Å²) < 4.78 is 10.2. The monoisotopic (exact) mass is 287 g/mol. The van der Waals surface area contributed by atoms with Gasteiger partial charge in [0.25, 0.3) is 5.56 Å². The smallest absolute Gasteiger partial charge is 0.343 e. The van der Waals surface area contributed by atoms with Crippen LogP contribution in [0.3, 0.4) is 0 Å². The lowest BCUT2D eigenvalue weighted by Crippen LogP contribution is -2.18. The summed E-state index contributed by atoms with van der Waals surface area (Å²) in [5, 5.41) is 0. The number of benzene rings is 1. The molecule has 1 aromatic heterocycles. The van der Waals surface area contributed by atoms with Crippen molar-refractivity contribution >= 4 is 5.97 Å². The summed E-state index contributed by atoms with van der Waals surface area (Å²) in [7, 11) is 1.24. The number of methoxy groups -OCH3 is 1. The summed E-state index contributed by atoms with van der Waals surface area (Å²) in [6.45, 7) is 2.62. The van der Waals surface area contributed by atoms with E-state index in [1.165, 1.54) is 13.2 Å². The molecule has 0 aliphatic heterocycles. The highest BCUT2D eigenvalue weighted by Gasteiger charge is 2.13. The lowest BCUT2D eigenvalue weighted by atomic mass is 10.1. The number of nitrogens with one attached hydrogen (secondary N) is 1. The zero-order chi connectivity index (χ0) is 15.2. The van der Waals surface area contributed by atoms with Gasteiger partial charge in [-0.25, -0.2) is 4.79 Å². The second-order valence-electron chi connectivity index (χ2n) is 4.45. The van der Waals surface area contributed by atoms with Gasteiger partial charge in [-0.05, 0) is 30.7 Å². The molecule has 0 spiro atoms. The average Bonchev–Trinajstić information content (AvgIpc) is 2.52. The first-order chi connectivity index (χ1) is 10.2. The number of carbonyl (C=O) groups excluding carboxylic acids is 1. The van der Waals surface area contributed by atoms with Crippen molar-refractivity contribution in [3.8, 4) is 17.0 Å². The number of H-pyrrole nitrogens is 1. The molecule has 2 rings (SSSR count). The molecule has 21 heavy (non-hydrogen) atoms. The average molecular weight is 287 g/mol. The maximum Gasteiger partial charge on any atom is 0.343 e. The lowest BCUT2D eigenvalue weighted by Gasteiger charge is -2.11. The normalized spacial score (nSPS) is 10.2. The van der Waals surface area contributed by atoms with Gasteiger partial charge in [0.15, 0.2) is 0 Å². The van der Waals surface area contributed by atoms with Crippen LogP contribution in [0.1, 0.15) is 23.7 Å². The van der Waals surface area contributed by atoms with Crippen molar-refractivity contribution in [3.05, 3.63) is 52.3 Å². The highest BCUT2D eigenvalue weighted by atomic mass is 16.5. The fourth-order valence-electron chi connectivity index (χ4n) is 1.93. The van der Waals surface area contributed by atoms with E-state index in [0.29, 0.717) is 18.1 Å². The minimum atomic E-state index is -0.654. The second-order valence-corrected chi connectivity index (χ2v) is 4.45. The van der Waals surface area contributed by atoms with Gasteiger partial charge in [-0.3, -0.25) is 4.79 Å². The van der Waals surface area contributed by atoms with E-state index in [0.717, 1.165) is 12.0 Å². The Hall–Kier alpha value is -2.56. The van der Waals surface area contributed by atoms with E-state index in [1.54, 1.807) is 6.07 Å². The van der Waals surface area contributed by atoms with E-state index in [1.807, 2.05) is 31.2 Å². The van der Waals surface area contributed by atoms with Gasteiger partial charge in [0.05, 0.1) is 19.4 Å². The molecule has 0 saturated carbocycles. The number of carbonyl (C=O) groups is 1. The van der Waals surface area contributed by atoms with Gasteiger partial charge in [-0.15, -0.1) is 0 Å². The van der Waals surface area contributed by atoms with Crippen LogP contribution in [-0.2, 0) is 4.74 Å². The predicted octanol–water partition coefficient (Wildman–Crippen LogP) is 2.62. The summed E-state index contributed by atoms with van der Waals surface area (Å²) >= 11 is 0. The standard InChI is InChI=1S/C16H17NO4/c1-3-10-21-14-7-5-4-6-11(14)13-9-8-12(15(18)17-13)16(19)20-2/h4-9H,3,10H2,1-2H3,(H,17,18). The molecule has 2 aromatic rings. The van der Waals surface area contributed by atoms with Crippen molar-refractivity contribution in [1.29, 1.82) is 0 Å². The Morgan fingerprint density at radius 1 is 1.19 bits per heavy atom. The van der Waals surface area contributed by atoms with Gasteiger partial charge >= 0.3 is 5.97 Å². The molecule has 0 aliphatic carbocycles. The Morgan fingerprint density at radius 2 is 1.95 bits per heavy atom. The van der Waals surface area contributed by atoms with Crippen molar-refractivity contribution in [3.63, 3.8) is 0 Å². The van der Waals surface area contributed by atoms with E-state index in [2.05, 4.69) is 9.72 Å². The number of hydrogen-bond acceptors (Lipinski definition) is 4. The molecule has 1 N–H and O–H groups in total. The van der Waals surface area contributed by atoms with Gasteiger partial charge < -0.3 is 14.5 Å². The van der Waals surface area contributed by atoms with Crippen LogP contribution < -0.4 is 10.3 Å². The molecule has 1 aromatic carbocycles. The predicted molar refractivity (Wildman–Crippen MR) is 79.6 cm³/mol. The largest absolute Gasteiger partial charge is 0.493 e. The Balaban J connectivity index is 2.41. The van der Waals surface area contributed by atoms with Crippen molar-refractivity contribution in [2.75, 3.05) is 13.7 Å². The SMILES string of the molecule is CCCOc1ccccc1-c1ccc(C(=O)OC)c(=O)[nH]1. The molecule has 5 nitrogen and oxygen atoms in total. The Labute approximate surface area is 122 Å². The molecular weight excluding hydrogens is 270 g/mol. The first kappa shape index (κ1) is 14.8. The molecular formula is C16H17NO4. The third kappa shape index (κ3) is 3.31. The van der Waals surface area contributed by atoms with E-state index >= 15 is 0 Å². The number of rotatable bonds is 5. The fourth-order valence-corrected chi connectivity index (χ4v) is 1.93. The van der Waals surface area contributed by atoms with Crippen LogP contribution in [0, 0.1) is 0 Å². The molecule has 0 saturated heterocycles. The van der Waals surface area contributed by atoms with Crippen LogP contribution in [0.2, 0.25) is 0 Å². The van der Waals surface area contributed by atoms with E-state index in [-0.39, 0.29) is 5.56 Å². The van der Waals surface area contributed by atoms with E-state index in [9.17, 15) is 9.59 Å². The quantitative estimate of drug-likeness (QED) is 0.858. The molecule has 0 amide bonds. The maximum atomic E-state index is 11.9. The van der Waals surface area contributed by atoms with Crippen molar-refractivity contribution < 1.29 is 14.3 Å². The first-order valence-corrected chi connectivity index (χ1v) is 6.71. The summed E-state index contributed by atoms with van der Waals surface area (Å²) in [6.07, 6.45) is 0.895. The van der Waals surface area contributed by atoms with Crippen molar-refractivity contribution in [2.45, 2.75) is 13.3 Å². The van der Waals surface area contributed by atoms with E-state index < -0.39 is 11.5 Å². The van der Waals surface area contributed by atoms with Crippen LogP contribution >= 0.6 is 0 Å². The van der Waals surface area contributed by atoms with Crippen molar-refractivity contribution in [2.24, 2.45) is 0 Å². The number of aromatic nitrogens is 1. The van der Waals surface area contributed by atoms with Crippen LogP contribution in [-0.4, -0.2) is 24.7 Å². The number of aromatic amines is 1. The number of para-hydroxylation sites is 1. The van der Waals surface area contributed by atoms with Crippen LogP contribution in [0.5, 0.6) is 5.75 Å². The summed E-state index contributed by atoms with van der Waals surface area (Å²) in [5.74, 6) is 0.0409. The van der Waals surface area contributed by atoms with Crippen LogP contribution in [0.15, 0.2) is 41.2 Å². The molecule has 0 unspecified atom stereocenters. The molecule has 0 bridgehead atoms. The van der Waals surface area contributed by atoms with Gasteiger partial charge in [-0.2, -0.15) is 0 Å². The molecule has 1 heterocycles. The lowest BCUT2D eigenvalue weighted by molar-refractivity contribution is 0.0598. The molecule has 0 atom stereocenters. The molecule has 5 heteroatoms. The molecule has 110 valence electrons. The Bertz CT molecular complexity index is 691. The number of esters is 1. The highest BCUT2D eigenvalue weighted by molar-refractivity contribution is 5.89. The summed E-state index contributed by atoms with van der Waals surface area (Å²) in [6, 6.07) is 10.6. The maximum absolute atomic E-state index is 11.9. The Kier molecular flexibility index (Phi) is 4.77. The molecule has 0 fully saturated rings. The third-order valence-corrected chi connectivity index (χ3v) is 2.95. The summed E-state index contributed by atoms with van der Waals surface area (Å²) in [5.41, 5.74) is 0.872. The topological polar surface area (TPSA) is 68.4 Å². The first-order valence-electron chi connectivity index (χ1n) is 6.71. The second kappa shape index (κ2) is 6.74. The number of hydrogen-bond donors (Lipinski definition) is 1. The van der Waals surface area contributed by atoms with E-state index in [4.69, 9.17) is 4.74 Å². The van der Waals surface area contributed by atoms with Crippen LogP contribution in [0.4, 0.5) is 0 Å². The summed E-state index contributed by atoms with van der Waals surface area (Å²) in [4.78, 5) is 26.1. The van der Waals surface area contributed by atoms with Crippen LogP contribution in [0.25, 0.3) is 11.3 Å². The number of ether oxygens (including phenoxy) is 2. The minimum absolute atomic E-state index is 0.0202. The minimum Gasteiger partial charge on any atom is -0.493 e. The fraction of sp³-hybridized carbons (Fsp3) is 0.250.